The molecule has 1 atom stereocenters. The van der Waals surface area contributed by atoms with Crippen molar-refractivity contribution >= 4 is 11.9 Å². The molecule has 1 saturated heterocycles. The van der Waals surface area contributed by atoms with Gasteiger partial charge < -0.3 is 14.7 Å². The van der Waals surface area contributed by atoms with Crippen molar-refractivity contribution in [1.29, 1.82) is 0 Å². The lowest BCUT2D eigenvalue weighted by molar-refractivity contribution is -0.147. The topological polar surface area (TPSA) is 66.8 Å². The van der Waals surface area contributed by atoms with E-state index < -0.39 is 0 Å². The van der Waals surface area contributed by atoms with Crippen molar-refractivity contribution < 1.29 is 19.4 Å². The zero-order chi connectivity index (χ0) is 10.6. The minimum absolute atomic E-state index is 0.0682. The number of ether oxygens (including phenoxy) is 1. The molecule has 0 aromatic rings. The molecule has 1 aliphatic heterocycles. The van der Waals surface area contributed by atoms with Crippen molar-refractivity contribution in [3.05, 3.63) is 0 Å². The summed E-state index contributed by atoms with van der Waals surface area (Å²) in [6, 6.07) is 0. The quantitative estimate of drug-likeness (QED) is 0.616. The molecule has 0 aromatic heterocycles. The summed E-state index contributed by atoms with van der Waals surface area (Å²) in [6.45, 7) is 2.68. The highest BCUT2D eigenvalue weighted by Gasteiger charge is 2.34. The molecular formula is C9H15NO4. The summed E-state index contributed by atoms with van der Waals surface area (Å²) in [6.07, 6.45) is 0.207. The minimum atomic E-state index is -0.353. The number of rotatable bonds is 4. The maximum absolute atomic E-state index is 11.3. The molecule has 1 unspecified atom stereocenters. The number of hydrogen-bond acceptors (Lipinski definition) is 4. The van der Waals surface area contributed by atoms with Crippen LogP contribution in [-0.2, 0) is 14.3 Å². The van der Waals surface area contributed by atoms with Crippen LogP contribution in [0.1, 0.15) is 13.3 Å². The Morgan fingerprint density at radius 1 is 1.71 bits per heavy atom. The van der Waals surface area contributed by atoms with Gasteiger partial charge in [0, 0.05) is 19.5 Å². The van der Waals surface area contributed by atoms with Crippen molar-refractivity contribution in [2.45, 2.75) is 13.3 Å². The van der Waals surface area contributed by atoms with Crippen LogP contribution < -0.4 is 0 Å². The van der Waals surface area contributed by atoms with Gasteiger partial charge >= 0.3 is 5.97 Å². The van der Waals surface area contributed by atoms with Gasteiger partial charge in [0.2, 0.25) is 5.91 Å². The summed E-state index contributed by atoms with van der Waals surface area (Å²) in [7, 11) is 0. The maximum Gasteiger partial charge on any atom is 0.311 e. The molecule has 14 heavy (non-hydrogen) atoms. The molecule has 0 bridgehead atoms. The molecule has 0 saturated carbocycles. The van der Waals surface area contributed by atoms with E-state index in [0.29, 0.717) is 19.7 Å². The highest BCUT2D eigenvalue weighted by molar-refractivity contribution is 5.86. The van der Waals surface area contributed by atoms with Crippen molar-refractivity contribution in [2.24, 2.45) is 5.92 Å². The largest absolute Gasteiger partial charge is 0.466 e. The monoisotopic (exact) mass is 201 g/mol. The Morgan fingerprint density at radius 2 is 2.43 bits per heavy atom. The Labute approximate surface area is 82.6 Å². The van der Waals surface area contributed by atoms with Crippen LogP contribution in [0, 0.1) is 5.92 Å². The summed E-state index contributed by atoms with van der Waals surface area (Å²) in [5.41, 5.74) is 0. The fourth-order valence-corrected chi connectivity index (χ4v) is 1.53. The molecule has 1 amide bonds. The van der Waals surface area contributed by atoms with E-state index >= 15 is 0 Å². The Kier molecular flexibility index (Phi) is 3.88. The average molecular weight is 201 g/mol. The summed E-state index contributed by atoms with van der Waals surface area (Å²) in [5, 5.41) is 8.66. The first-order valence-corrected chi connectivity index (χ1v) is 4.74. The van der Waals surface area contributed by atoms with Crippen molar-refractivity contribution in [1.82, 2.24) is 4.90 Å². The molecule has 0 aliphatic carbocycles. The highest BCUT2D eigenvalue weighted by Crippen LogP contribution is 2.18. The van der Waals surface area contributed by atoms with Gasteiger partial charge in [-0.05, 0) is 6.92 Å². The lowest BCUT2D eigenvalue weighted by atomic mass is 10.1. The highest BCUT2D eigenvalue weighted by atomic mass is 16.5. The number of aliphatic hydroxyl groups is 1. The molecule has 5 heteroatoms. The van der Waals surface area contributed by atoms with Crippen LogP contribution in [0.15, 0.2) is 0 Å². The van der Waals surface area contributed by atoms with Gasteiger partial charge in [0.15, 0.2) is 0 Å². The molecule has 1 fully saturated rings. The number of aliphatic hydroxyl groups excluding tert-OH is 1. The third-order valence-corrected chi connectivity index (χ3v) is 2.20. The zero-order valence-electron chi connectivity index (χ0n) is 8.23. The molecule has 1 rings (SSSR count). The second-order valence-electron chi connectivity index (χ2n) is 3.22. The van der Waals surface area contributed by atoms with Gasteiger partial charge in [0.05, 0.1) is 19.1 Å². The number of nitrogens with zero attached hydrogens (tertiary/aromatic N) is 1. The second-order valence-corrected chi connectivity index (χ2v) is 3.22. The Balaban J connectivity index is 2.45. The van der Waals surface area contributed by atoms with E-state index in [1.165, 1.54) is 4.90 Å². The Bertz CT molecular complexity index is 229. The van der Waals surface area contributed by atoms with Crippen LogP contribution in [0.25, 0.3) is 0 Å². The molecule has 1 heterocycles. The van der Waals surface area contributed by atoms with Crippen molar-refractivity contribution in [3.8, 4) is 0 Å². The Morgan fingerprint density at radius 3 is 3.00 bits per heavy atom. The lowest BCUT2D eigenvalue weighted by Crippen LogP contribution is -2.29. The summed E-state index contributed by atoms with van der Waals surface area (Å²) in [5.74, 6) is -0.757. The fourth-order valence-electron chi connectivity index (χ4n) is 1.53. The van der Waals surface area contributed by atoms with Gasteiger partial charge in [-0.2, -0.15) is 0 Å². The van der Waals surface area contributed by atoms with Gasteiger partial charge in [0.1, 0.15) is 0 Å². The molecule has 1 aliphatic rings. The van der Waals surface area contributed by atoms with Gasteiger partial charge in [-0.15, -0.1) is 0 Å². The van der Waals surface area contributed by atoms with E-state index in [1.807, 2.05) is 0 Å². The molecule has 5 nitrogen and oxygen atoms in total. The van der Waals surface area contributed by atoms with E-state index in [9.17, 15) is 9.59 Å². The van der Waals surface area contributed by atoms with Crippen LogP contribution >= 0.6 is 0 Å². The molecule has 0 radical (unpaired) electrons. The van der Waals surface area contributed by atoms with Crippen LogP contribution in [0.3, 0.4) is 0 Å². The van der Waals surface area contributed by atoms with Crippen LogP contribution in [0.2, 0.25) is 0 Å². The smallest absolute Gasteiger partial charge is 0.311 e. The first kappa shape index (κ1) is 11.0. The van der Waals surface area contributed by atoms with Gasteiger partial charge in [0.25, 0.3) is 0 Å². The molecule has 0 spiro atoms. The fraction of sp³-hybridized carbons (Fsp3) is 0.778. The van der Waals surface area contributed by atoms with Crippen LogP contribution in [0.5, 0.6) is 0 Å². The predicted molar refractivity (Wildman–Crippen MR) is 48.4 cm³/mol. The first-order chi connectivity index (χ1) is 6.69. The number of esters is 1. The van der Waals surface area contributed by atoms with E-state index in [1.54, 1.807) is 6.92 Å². The summed E-state index contributed by atoms with van der Waals surface area (Å²) in [4.78, 5) is 24.1. The van der Waals surface area contributed by atoms with Gasteiger partial charge in [-0.3, -0.25) is 9.59 Å². The minimum Gasteiger partial charge on any atom is -0.466 e. The van der Waals surface area contributed by atoms with Crippen molar-refractivity contribution in [2.75, 3.05) is 26.3 Å². The van der Waals surface area contributed by atoms with Crippen LogP contribution in [-0.4, -0.2) is 48.2 Å². The van der Waals surface area contributed by atoms with E-state index in [-0.39, 0.29) is 30.8 Å². The predicted octanol–water partition coefficient (Wildman–Crippen LogP) is -0.610. The SMILES string of the molecule is CCOC(=O)C1CC(=O)N(CCO)C1. The standard InChI is InChI=1S/C9H15NO4/c1-2-14-9(13)7-5-8(12)10(6-7)3-4-11/h7,11H,2-6H2,1H3. The zero-order valence-corrected chi connectivity index (χ0v) is 8.23. The maximum atomic E-state index is 11.3. The number of likely N-dealkylation sites (tertiary alicyclic amines) is 1. The summed E-state index contributed by atoms with van der Waals surface area (Å²) >= 11 is 0. The number of carbonyl (C=O) groups excluding carboxylic acids is 2. The normalized spacial score (nSPS) is 21.4. The molecule has 80 valence electrons. The van der Waals surface area contributed by atoms with E-state index in [0.717, 1.165) is 0 Å². The molecule has 0 aromatic carbocycles. The van der Waals surface area contributed by atoms with Gasteiger partial charge in [-0.25, -0.2) is 0 Å². The average Bonchev–Trinajstić information content (AvgIpc) is 2.49. The number of β-amino-alcohol motifs (C(OH)–C–C–N with tert-alkyl or cyclic N) is 1. The number of hydrogen-bond donors (Lipinski definition) is 1. The van der Waals surface area contributed by atoms with Crippen molar-refractivity contribution in [3.63, 3.8) is 0 Å². The Hall–Kier alpha value is -1.10. The second kappa shape index (κ2) is 4.95. The third kappa shape index (κ3) is 2.45. The van der Waals surface area contributed by atoms with E-state index in [2.05, 4.69) is 0 Å². The van der Waals surface area contributed by atoms with E-state index in [4.69, 9.17) is 9.84 Å². The molecule has 1 N–H and O–H groups in total. The van der Waals surface area contributed by atoms with Crippen LogP contribution in [0.4, 0.5) is 0 Å². The number of amides is 1. The first-order valence-electron chi connectivity index (χ1n) is 4.74. The summed E-state index contributed by atoms with van der Waals surface area (Å²) < 4.78 is 4.82. The van der Waals surface area contributed by atoms with Gasteiger partial charge in [-0.1, -0.05) is 0 Å². The molecular weight excluding hydrogens is 186 g/mol. The number of carbonyl (C=O) groups is 2. The lowest BCUT2D eigenvalue weighted by Gasteiger charge is -2.14. The third-order valence-electron chi connectivity index (χ3n) is 2.20.